The summed E-state index contributed by atoms with van der Waals surface area (Å²) in [4.78, 5) is 0. The van der Waals surface area contributed by atoms with Gasteiger partial charge >= 0.3 is 0 Å². The van der Waals surface area contributed by atoms with E-state index >= 15 is 0 Å². The van der Waals surface area contributed by atoms with E-state index in [0.29, 0.717) is 10.8 Å². The first-order valence-electron chi connectivity index (χ1n) is 12.7. The zero-order chi connectivity index (χ0) is 21.0. The molecule has 0 aromatic rings. The average molecular weight is 402 g/mol. The molecule has 4 aliphatic carbocycles. The molecular formula is C27H47NO. The summed E-state index contributed by atoms with van der Waals surface area (Å²) in [5.74, 6) is 4.40. The lowest BCUT2D eigenvalue weighted by Crippen LogP contribution is -2.50. The largest absolute Gasteiger partial charge is 0.393 e. The van der Waals surface area contributed by atoms with Gasteiger partial charge in [-0.25, -0.2) is 0 Å². The maximum atomic E-state index is 10.2. The summed E-state index contributed by atoms with van der Waals surface area (Å²) in [7, 11) is 0. The fraction of sp³-hybridized carbons (Fsp3) is 0.926. The Hall–Kier alpha value is -0.340. The van der Waals surface area contributed by atoms with Gasteiger partial charge in [0.15, 0.2) is 0 Å². The standard InChI is InChI=1S/C27H47NO/c1-18(7-6-14-25(2,3)28)22-10-11-23-21-9-8-19-17-20(29)12-15-26(19,4)24(21)13-16-27(22,23)5/h8,18,20-24,29H,6-7,9-17,28H2,1-5H3/t18-,20+,21?,22?,23?,24?,26+,27-/m1/s1. The molecule has 0 aromatic carbocycles. The van der Waals surface area contributed by atoms with Gasteiger partial charge in [-0.1, -0.05) is 45.3 Å². The van der Waals surface area contributed by atoms with Crippen molar-refractivity contribution < 1.29 is 5.11 Å². The minimum Gasteiger partial charge on any atom is -0.393 e. The van der Waals surface area contributed by atoms with E-state index in [9.17, 15) is 5.11 Å². The highest BCUT2D eigenvalue weighted by atomic mass is 16.3. The van der Waals surface area contributed by atoms with Crippen LogP contribution in [0, 0.1) is 40.4 Å². The predicted molar refractivity (Wildman–Crippen MR) is 122 cm³/mol. The van der Waals surface area contributed by atoms with Crippen LogP contribution in [0.2, 0.25) is 0 Å². The quantitative estimate of drug-likeness (QED) is 0.519. The number of hydrogen-bond donors (Lipinski definition) is 2. The van der Waals surface area contributed by atoms with Crippen LogP contribution in [0.15, 0.2) is 11.6 Å². The second-order valence-corrected chi connectivity index (χ2v) is 12.7. The Labute approximate surface area is 180 Å². The van der Waals surface area contributed by atoms with E-state index < -0.39 is 0 Å². The van der Waals surface area contributed by atoms with Crippen molar-refractivity contribution in [3.8, 4) is 0 Å². The van der Waals surface area contributed by atoms with Crippen LogP contribution in [0.4, 0.5) is 0 Å². The van der Waals surface area contributed by atoms with Crippen molar-refractivity contribution in [3.05, 3.63) is 11.6 Å². The van der Waals surface area contributed by atoms with Crippen molar-refractivity contribution >= 4 is 0 Å². The Morgan fingerprint density at radius 3 is 2.62 bits per heavy atom. The molecular weight excluding hydrogens is 354 g/mol. The van der Waals surface area contributed by atoms with E-state index in [4.69, 9.17) is 5.73 Å². The van der Waals surface area contributed by atoms with Gasteiger partial charge in [0.05, 0.1) is 6.10 Å². The molecule has 0 spiro atoms. The molecule has 0 bridgehead atoms. The van der Waals surface area contributed by atoms with Crippen LogP contribution >= 0.6 is 0 Å². The first-order valence-corrected chi connectivity index (χ1v) is 12.7. The average Bonchev–Trinajstić information content (AvgIpc) is 2.98. The van der Waals surface area contributed by atoms with Crippen LogP contribution in [0.5, 0.6) is 0 Å². The molecule has 2 heteroatoms. The smallest absolute Gasteiger partial charge is 0.0577 e. The van der Waals surface area contributed by atoms with Crippen LogP contribution in [0.25, 0.3) is 0 Å². The molecule has 0 saturated heterocycles. The number of hydrogen-bond acceptors (Lipinski definition) is 2. The summed E-state index contributed by atoms with van der Waals surface area (Å²) in [5.41, 5.74) is 8.75. The van der Waals surface area contributed by atoms with Crippen LogP contribution in [0.3, 0.4) is 0 Å². The van der Waals surface area contributed by atoms with Gasteiger partial charge in [-0.2, -0.15) is 0 Å². The molecule has 166 valence electrons. The number of aliphatic hydroxyl groups excluding tert-OH is 1. The Kier molecular flexibility index (Phi) is 5.78. The van der Waals surface area contributed by atoms with E-state index in [1.807, 2.05) is 0 Å². The van der Waals surface area contributed by atoms with E-state index in [-0.39, 0.29) is 11.6 Å². The number of nitrogens with two attached hydrogens (primary N) is 1. The van der Waals surface area contributed by atoms with Gasteiger partial charge in [0, 0.05) is 5.54 Å². The molecule has 29 heavy (non-hydrogen) atoms. The molecule has 0 aromatic heterocycles. The topological polar surface area (TPSA) is 46.2 Å². The van der Waals surface area contributed by atoms with Crippen LogP contribution in [0.1, 0.15) is 105 Å². The van der Waals surface area contributed by atoms with Gasteiger partial charge in [0.1, 0.15) is 0 Å². The van der Waals surface area contributed by atoms with Gasteiger partial charge in [0.25, 0.3) is 0 Å². The number of fused-ring (bicyclic) bond motifs is 5. The van der Waals surface area contributed by atoms with E-state index in [2.05, 4.69) is 40.7 Å². The lowest BCUT2D eigenvalue weighted by molar-refractivity contribution is -0.0573. The fourth-order valence-electron chi connectivity index (χ4n) is 8.70. The monoisotopic (exact) mass is 401 g/mol. The summed E-state index contributed by atoms with van der Waals surface area (Å²) in [6.07, 6.45) is 16.5. The zero-order valence-corrected chi connectivity index (χ0v) is 19.8. The van der Waals surface area contributed by atoms with Gasteiger partial charge in [0.2, 0.25) is 0 Å². The lowest BCUT2D eigenvalue weighted by Gasteiger charge is -2.58. The van der Waals surface area contributed by atoms with Crippen LogP contribution < -0.4 is 5.73 Å². The highest BCUT2D eigenvalue weighted by Gasteiger charge is 2.59. The van der Waals surface area contributed by atoms with Crippen molar-refractivity contribution in [3.63, 3.8) is 0 Å². The predicted octanol–water partition coefficient (Wildman–Crippen LogP) is 6.47. The molecule has 3 saturated carbocycles. The van der Waals surface area contributed by atoms with E-state index in [1.54, 1.807) is 5.57 Å². The molecule has 8 atom stereocenters. The Bertz CT molecular complexity index is 633. The molecule has 0 radical (unpaired) electrons. The van der Waals surface area contributed by atoms with Crippen molar-refractivity contribution in [2.24, 2.45) is 46.2 Å². The molecule has 0 amide bonds. The van der Waals surface area contributed by atoms with Crippen molar-refractivity contribution in [2.45, 2.75) is 117 Å². The maximum absolute atomic E-state index is 10.2. The molecule has 0 heterocycles. The number of aliphatic hydroxyl groups is 1. The third-order valence-corrected chi connectivity index (χ3v) is 10.3. The molecule has 0 aliphatic heterocycles. The number of allylic oxidation sites excluding steroid dienone is 1. The third-order valence-electron chi connectivity index (χ3n) is 10.3. The van der Waals surface area contributed by atoms with Crippen molar-refractivity contribution in [1.82, 2.24) is 0 Å². The van der Waals surface area contributed by atoms with Gasteiger partial charge in [-0.15, -0.1) is 0 Å². The van der Waals surface area contributed by atoms with E-state index in [0.717, 1.165) is 48.9 Å². The molecule has 2 nitrogen and oxygen atoms in total. The van der Waals surface area contributed by atoms with Gasteiger partial charge in [-0.3, -0.25) is 0 Å². The van der Waals surface area contributed by atoms with Crippen molar-refractivity contribution in [2.75, 3.05) is 0 Å². The number of rotatable bonds is 5. The molecule has 4 unspecified atom stereocenters. The molecule has 4 rings (SSSR count). The van der Waals surface area contributed by atoms with Crippen LogP contribution in [-0.4, -0.2) is 16.7 Å². The summed E-state index contributed by atoms with van der Waals surface area (Å²) in [6, 6.07) is 0. The molecule has 3 N–H and O–H groups in total. The zero-order valence-electron chi connectivity index (χ0n) is 19.8. The summed E-state index contributed by atoms with van der Waals surface area (Å²) < 4.78 is 0. The fourth-order valence-corrected chi connectivity index (χ4v) is 8.70. The minimum atomic E-state index is -0.0880. The Morgan fingerprint density at radius 1 is 1.14 bits per heavy atom. The lowest BCUT2D eigenvalue weighted by atomic mass is 9.47. The third kappa shape index (κ3) is 3.86. The molecule has 4 aliphatic rings. The second kappa shape index (κ2) is 7.66. The normalized spacial score (nSPS) is 45.8. The first-order chi connectivity index (χ1) is 13.5. The Morgan fingerprint density at radius 2 is 1.90 bits per heavy atom. The van der Waals surface area contributed by atoms with Crippen LogP contribution in [-0.2, 0) is 0 Å². The SMILES string of the molecule is C[C@H](CCCC(C)(C)N)C1CCC2C3CC=C4C[C@@H](O)CC[C@]4(C)C3CC[C@@]21C. The molecule has 3 fully saturated rings. The summed E-state index contributed by atoms with van der Waals surface area (Å²) >= 11 is 0. The highest BCUT2D eigenvalue weighted by Crippen LogP contribution is 2.67. The van der Waals surface area contributed by atoms with E-state index in [1.165, 1.54) is 51.4 Å². The van der Waals surface area contributed by atoms with Crippen molar-refractivity contribution in [1.29, 1.82) is 0 Å². The minimum absolute atomic E-state index is 0.0188. The summed E-state index contributed by atoms with van der Waals surface area (Å²) in [6.45, 7) is 12.1. The van der Waals surface area contributed by atoms with Gasteiger partial charge < -0.3 is 10.8 Å². The van der Waals surface area contributed by atoms with Gasteiger partial charge in [-0.05, 0) is 112 Å². The maximum Gasteiger partial charge on any atom is 0.0577 e. The first kappa shape index (κ1) is 21.9. The summed E-state index contributed by atoms with van der Waals surface area (Å²) in [5, 5.41) is 10.2. The second-order valence-electron chi connectivity index (χ2n) is 12.7. The highest BCUT2D eigenvalue weighted by molar-refractivity contribution is 5.25. The Balaban J connectivity index is 1.47.